The van der Waals surface area contributed by atoms with Gasteiger partial charge in [-0.25, -0.2) is 9.37 Å². The fourth-order valence-corrected chi connectivity index (χ4v) is 5.45. The molecule has 2 aliphatic rings. The first kappa shape index (κ1) is 29.2. The molecule has 1 aromatic heterocycles. The molecule has 9 heteroatoms. The number of aryl methyl sites for hydroxylation is 2. The molecule has 3 heterocycles. The van der Waals surface area contributed by atoms with Crippen molar-refractivity contribution in [3.63, 3.8) is 0 Å². The minimum Gasteiger partial charge on any atom is -0.493 e. The second kappa shape index (κ2) is 13.1. The van der Waals surface area contributed by atoms with Crippen LogP contribution in [0.15, 0.2) is 24.3 Å². The van der Waals surface area contributed by atoms with Crippen LogP contribution in [-0.2, 0) is 32.7 Å². The summed E-state index contributed by atoms with van der Waals surface area (Å²) in [5.41, 5.74) is 2.49. The highest BCUT2D eigenvalue weighted by atomic mass is 19.1. The Morgan fingerprint density at radius 3 is 2.82 bits per heavy atom. The lowest BCUT2D eigenvalue weighted by atomic mass is 9.92. The Kier molecular flexibility index (Phi) is 9.80. The third-order valence-corrected chi connectivity index (χ3v) is 7.93. The van der Waals surface area contributed by atoms with Gasteiger partial charge in [-0.2, -0.15) is 0 Å². The van der Waals surface area contributed by atoms with Gasteiger partial charge in [-0.15, -0.1) is 0 Å². The summed E-state index contributed by atoms with van der Waals surface area (Å²) in [4.78, 5) is 19.0. The molecule has 1 saturated heterocycles. The van der Waals surface area contributed by atoms with E-state index >= 15 is 0 Å². The second-order valence-corrected chi connectivity index (χ2v) is 11.0. The van der Waals surface area contributed by atoms with Crippen molar-refractivity contribution >= 4 is 11.8 Å². The molecule has 2 atom stereocenters. The first-order chi connectivity index (χ1) is 18.7. The van der Waals surface area contributed by atoms with Crippen molar-refractivity contribution in [1.29, 1.82) is 0 Å². The van der Waals surface area contributed by atoms with Gasteiger partial charge in [0, 0.05) is 44.6 Å². The van der Waals surface area contributed by atoms with Gasteiger partial charge in [0.25, 0.3) is 0 Å². The molecule has 0 unspecified atom stereocenters. The number of aromatic nitrogens is 1. The van der Waals surface area contributed by atoms with E-state index in [0.29, 0.717) is 25.3 Å². The second-order valence-electron chi connectivity index (χ2n) is 11.0. The van der Waals surface area contributed by atoms with Crippen LogP contribution in [0.5, 0.6) is 5.75 Å². The van der Waals surface area contributed by atoms with E-state index in [4.69, 9.17) is 19.2 Å². The molecule has 0 amide bonds. The van der Waals surface area contributed by atoms with E-state index in [1.807, 2.05) is 18.7 Å². The highest BCUT2D eigenvalue weighted by Crippen LogP contribution is 2.38. The molecule has 2 aromatic rings. The maximum Gasteiger partial charge on any atom is 0.325 e. The maximum absolute atomic E-state index is 15.0. The molecule has 0 aliphatic carbocycles. The molecule has 8 nitrogen and oxygen atoms in total. The molecular formula is C30H42FN3O5. The van der Waals surface area contributed by atoms with Crippen molar-refractivity contribution in [1.82, 2.24) is 9.88 Å². The van der Waals surface area contributed by atoms with Gasteiger partial charge in [0.05, 0.1) is 18.8 Å². The number of methoxy groups -OCH3 is 2. The fraction of sp³-hybridized carbons (Fsp3) is 0.600. The number of nitrogens with zero attached hydrogens (tertiary/aromatic N) is 2. The number of fused-ring (bicyclic) bond motifs is 1. The Bertz CT molecular complexity index is 1140. The molecule has 1 fully saturated rings. The third-order valence-electron chi connectivity index (χ3n) is 7.93. The predicted octanol–water partition coefficient (Wildman–Crippen LogP) is 5.10. The molecule has 4 rings (SSSR count). The van der Waals surface area contributed by atoms with Crippen LogP contribution in [0.1, 0.15) is 74.4 Å². The summed E-state index contributed by atoms with van der Waals surface area (Å²) in [7, 11) is 2.90. The average molecular weight is 544 g/mol. The number of hydrogen-bond donors (Lipinski definition) is 2. The first-order valence-electron chi connectivity index (χ1n) is 14.0. The van der Waals surface area contributed by atoms with Gasteiger partial charge in [-0.1, -0.05) is 12.5 Å². The van der Waals surface area contributed by atoms with Gasteiger partial charge < -0.3 is 24.6 Å². The number of carboxylic acid groups (broad SMARTS) is 1. The van der Waals surface area contributed by atoms with Gasteiger partial charge in [0.1, 0.15) is 11.9 Å². The van der Waals surface area contributed by atoms with E-state index in [2.05, 4.69) is 17.4 Å². The van der Waals surface area contributed by atoms with E-state index in [1.165, 1.54) is 18.7 Å². The Balaban J connectivity index is 1.29. The summed E-state index contributed by atoms with van der Waals surface area (Å²) in [6.45, 7) is 6.26. The van der Waals surface area contributed by atoms with Crippen molar-refractivity contribution < 1.29 is 28.5 Å². The topological polar surface area (TPSA) is 93.2 Å². The average Bonchev–Trinajstić information content (AvgIpc) is 3.38. The molecule has 2 N–H and O–H groups in total. The van der Waals surface area contributed by atoms with Crippen molar-refractivity contribution in [2.45, 2.75) is 76.5 Å². The zero-order chi connectivity index (χ0) is 28.0. The quantitative estimate of drug-likeness (QED) is 0.337. The largest absolute Gasteiger partial charge is 0.493 e. The molecule has 214 valence electrons. The van der Waals surface area contributed by atoms with Crippen LogP contribution in [0.2, 0.25) is 0 Å². The lowest BCUT2D eigenvalue weighted by Gasteiger charge is -2.29. The molecular weight excluding hydrogens is 501 g/mol. The summed E-state index contributed by atoms with van der Waals surface area (Å²) in [5.74, 6) is -0.657. The summed E-state index contributed by atoms with van der Waals surface area (Å²) >= 11 is 0. The third kappa shape index (κ3) is 7.07. The minimum absolute atomic E-state index is 0.0494. The van der Waals surface area contributed by atoms with E-state index in [-0.39, 0.29) is 17.4 Å². The summed E-state index contributed by atoms with van der Waals surface area (Å²) in [5, 5.41) is 13.6. The molecule has 2 aliphatic heterocycles. The number of nitrogens with one attached hydrogen (secondary N) is 1. The maximum atomic E-state index is 15.0. The molecule has 0 spiro atoms. The SMILES string of the molecule is COc1c(F)cc(C(C)(C)OC)cc1[C@@H](C(=O)O)N1CC[C@@H](OCCCCCc2ccc3c(n2)NCCC3)C1. The van der Waals surface area contributed by atoms with Gasteiger partial charge in [-0.3, -0.25) is 9.69 Å². The van der Waals surface area contributed by atoms with E-state index in [9.17, 15) is 14.3 Å². The number of carbonyl (C=O) groups is 1. The lowest BCUT2D eigenvalue weighted by molar-refractivity contribution is -0.143. The zero-order valence-corrected chi connectivity index (χ0v) is 23.6. The first-order valence-corrected chi connectivity index (χ1v) is 14.0. The van der Waals surface area contributed by atoms with Gasteiger partial charge >= 0.3 is 5.97 Å². The van der Waals surface area contributed by atoms with Gasteiger partial charge in [-0.05, 0) is 81.7 Å². The number of anilines is 1. The van der Waals surface area contributed by atoms with Crippen molar-refractivity contribution in [2.75, 3.05) is 45.8 Å². The van der Waals surface area contributed by atoms with Crippen LogP contribution in [0.25, 0.3) is 0 Å². The van der Waals surface area contributed by atoms with E-state index in [1.54, 1.807) is 13.2 Å². The van der Waals surface area contributed by atoms with Crippen molar-refractivity contribution in [2.24, 2.45) is 0 Å². The minimum atomic E-state index is -1.05. The summed E-state index contributed by atoms with van der Waals surface area (Å²) in [6.07, 6.45) is 6.90. The number of halogens is 1. The molecule has 39 heavy (non-hydrogen) atoms. The summed E-state index contributed by atoms with van der Waals surface area (Å²) in [6, 6.07) is 6.32. The Morgan fingerprint density at radius 2 is 2.08 bits per heavy atom. The standard InChI is InChI=1S/C30H42FN3O5/c1-30(2,38-4)21-17-24(27(37-3)25(31)18-21)26(29(35)36)34-15-13-23(19-34)39-16-7-5-6-10-22-12-11-20-9-8-14-32-28(20)33-22/h11-12,17-18,23,26H,5-10,13-16,19H2,1-4H3,(H,32,33)(H,35,36)/t23-,26+/m1/s1. The molecule has 0 radical (unpaired) electrons. The van der Waals surface area contributed by atoms with Crippen LogP contribution in [0, 0.1) is 5.82 Å². The molecule has 0 bridgehead atoms. The number of ether oxygens (including phenoxy) is 3. The van der Waals surface area contributed by atoms with Gasteiger partial charge in [0.15, 0.2) is 11.6 Å². The number of carboxylic acids is 1. The number of unbranched alkanes of at least 4 members (excludes halogenated alkanes) is 2. The van der Waals surface area contributed by atoms with Crippen molar-refractivity contribution in [3.8, 4) is 5.75 Å². The number of benzene rings is 1. The van der Waals surface area contributed by atoms with Crippen molar-refractivity contribution in [3.05, 3.63) is 52.5 Å². The summed E-state index contributed by atoms with van der Waals surface area (Å²) < 4.78 is 31.9. The normalized spacial score (nSPS) is 18.4. The lowest BCUT2D eigenvalue weighted by Crippen LogP contribution is -2.34. The zero-order valence-electron chi connectivity index (χ0n) is 23.6. The number of likely N-dealkylation sites (tertiary alicyclic amines) is 1. The predicted molar refractivity (Wildman–Crippen MR) is 148 cm³/mol. The molecule has 1 aromatic carbocycles. The van der Waals surface area contributed by atoms with E-state index < -0.39 is 23.4 Å². The highest BCUT2D eigenvalue weighted by Gasteiger charge is 2.37. The van der Waals surface area contributed by atoms with Crippen LogP contribution < -0.4 is 10.1 Å². The number of pyridine rings is 1. The van der Waals surface area contributed by atoms with Crippen LogP contribution >= 0.6 is 0 Å². The fourth-order valence-electron chi connectivity index (χ4n) is 5.45. The molecule has 0 saturated carbocycles. The van der Waals surface area contributed by atoms with Crippen LogP contribution in [-0.4, -0.2) is 67.5 Å². The number of rotatable bonds is 13. The van der Waals surface area contributed by atoms with Gasteiger partial charge in [0.2, 0.25) is 0 Å². The van der Waals surface area contributed by atoms with Crippen LogP contribution in [0.4, 0.5) is 10.2 Å². The number of hydrogen-bond acceptors (Lipinski definition) is 7. The Hall–Kier alpha value is -2.75. The monoisotopic (exact) mass is 543 g/mol. The van der Waals surface area contributed by atoms with E-state index in [0.717, 1.165) is 63.0 Å². The smallest absolute Gasteiger partial charge is 0.325 e. The Morgan fingerprint density at radius 1 is 1.26 bits per heavy atom. The van der Waals surface area contributed by atoms with Crippen LogP contribution in [0.3, 0.4) is 0 Å². The number of aliphatic carboxylic acids is 1. The Labute approximate surface area is 230 Å². The highest BCUT2D eigenvalue weighted by molar-refractivity contribution is 5.77.